The highest BCUT2D eigenvalue weighted by Crippen LogP contribution is 2.41. The number of nitriles is 1. The monoisotopic (exact) mass is 406 g/mol. The van der Waals surface area contributed by atoms with Gasteiger partial charge in [0.05, 0.1) is 40.0 Å². The van der Waals surface area contributed by atoms with Gasteiger partial charge in [0.1, 0.15) is 6.07 Å². The lowest BCUT2D eigenvalue weighted by molar-refractivity contribution is 0.219. The quantitative estimate of drug-likeness (QED) is 0.605. The molecular formula is C21H19ClN6O. The average Bonchev–Trinajstić information content (AvgIpc) is 3.08. The van der Waals surface area contributed by atoms with Gasteiger partial charge in [0, 0.05) is 29.9 Å². The second kappa shape index (κ2) is 7.32. The normalized spacial score (nSPS) is 17.3. The van der Waals surface area contributed by atoms with Crippen LogP contribution in [0.25, 0.3) is 11.3 Å². The molecule has 3 aromatic rings. The summed E-state index contributed by atoms with van der Waals surface area (Å²) in [5, 5.41) is 26.4. The van der Waals surface area contributed by atoms with Crippen LogP contribution in [0.2, 0.25) is 5.02 Å². The second-order valence-corrected chi connectivity index (χ2v) is 7.74. The molecule has 0 spiro atoms. The molecular weight excluding hydrogens is 388 g/mol. The first-order chi connectivity index (χ1) is 13.9. The van der Waals surface area contributed by atoms with E-state index in [1.807, 2.05) is 19.9 Å². The molecule has 0 bridgehead atoms. The van der Waals surface area contributed by atoms with Crippen molar-refractivity contribution in [2.75, 3.05) is 23.8 Å². The smallest absolute Gasteiger partial charge is 0.227 e. The Morgan fingerprint density at radius 3 is 2.93 bits per heavy atom. The van der Waals surface area contributed by atoms with Gasteiger partial charge in [0.2, 0.25) is 5.95 Å². The molecule has 0 fully saturated rings. The van der Waals surface area contributed by atoms with Crippen LogP contribution in [0.5, 0.6) is 0 Å². The summed E-state index contributed by atoms with van der Waals surface area (Å²) < 4.78 is 0. The van der Waals surface area contributed by atoms with E-state index < -0.39 is 5.41 Å². The third-order valence-electron chi connectivity index (χ3n) is 5.16. The first-order valence-electron chi connectivity index (χ1n) is 9.09. The third kappa shape index (κ3) is 3.48. The number of aliphatic hydroxyl groups is 1. The van der Waals surface area contributed by atoms with Crippen LogP contribution in [0.15, 0.2) is 36.7 Å². The summed E-state index contributed by atoms with van der Waals surface area (Å²) in [5.41, 5.74) is 4.72. The average molecular weight is 407 g/mol. The molecule has 1 unspecified atom stereocenters. The summed E-state index contributed by atoms with van der Waals surface area (Å²) in [6.07, 6.45) is 3.24. The molecule has 1 aliphatic heterocycles. The first-order valence-corrected chi connectivity index (χ1v) is 9.47. The van der Waals surface area contributed by atoms with Gasteiger partial charge in [-0.05, 0) is 36.8 Å². The van der Waals surface area contributed by atoms with Crippen molar-refractivity contribution in [2.24, 2.45) is 0 Å². The van der Waals surface area contributed by atoms with Crippen LogP contribution in [0.1, 0.15) is 23.7 Å². The zero-order valence-corrected chi connectivity index (χ0v) is 16.7. The van der Waals surface area contributed by atoms with E-state index in [4.69, 9.17) is 11.6 Å². The van der Waals surface area contributed by atoms with Crippen LogP contribution < -0.4 is 10.6 Å². The van der Waals surface area contributed by atoms with Crippen LogP contribution in [-0.2, 0) is 5.41 Å². The summed E-state index contributed by atoms with van der Waals surface area (Å²) >= 11 is 6.04. The minimum Gasteiger partial charge on any atom is -0.395 e. The Balaban J connectivity index is 1.75. The van der Waals surface area contributed by atoms with Gasteiger partial charge in [-0.2, -0.15) is 5.26 Å². The predicted molar refractivity (Wildman–Crippen MR) is 112 cm³/mol. The summed E-state index contributed by atoms with van der Waals surface area (Å²) in [6.45, 7) is 4.40. The van der Waals surface area contributed by atoms with Crippen LogP contribution in [-0.4, -0.2) is 33.2 Å². The summed E-state index contributed by atoms with van der Waals surface area (Å²) in [4.78, 5) is 13.1. The molecule has 4 rings (SSSR count). The van der Waals surface area contributed by atoms with E-state index in [0.717, 1.165) is 28.2 Å². The largest absolute Gasteiger partial charge is 0.395 e. The standard InChI is InChI=1S/C21H19ClN6O/c1-12-18(7-15(22)9-25-12)28-20-24-4-3-17(27-20)13-5-14(8-23)19-16(6-13)21(2,11-29)10-26-19/h3-7,9,26,29H,10-11H2,1-2H3,(H,24,27,28). The van der Waals surface area contributed by atoms with E-state index in [1.54, 1.807) is 30.6 Å². The van der Waals surface area contributed by atoms with E-state index in [9.17, 15) is 10.4 Å². The van der Waals surface area contributed by atoms with Gasteiger partial charge in [-0.1, -0.05) is 18.5 Å². The van der Waals surface area contributed by atoms with Crippen molar-refractivity contribution in [1.82, 2.24) is 15.0 Å². The molecule has 1 aromatic carbocycles. The molecule has 1 atom stereocenters. The summed E-state index contributed by atoms with van der Waals surface area (Å²) in [6, 6.07) is 9.57. The van der Waals surface area contributed by atoms with Crippen LogP contribution in [0, 0.1) is 18.3 Å². The lowest BCUT2D eigenvalue weighted by atomic mass is 9.83. The van der Waals surface area contributed by atoms with Crippen molar-refractivity contribution >= 4 is 28.9 Å². The van der Waals surface area contributed by atoms with E-state index >= 15 is 0 Å². The number of anilines is 3. The molecule has 146 valence electrons. The Hall–Kier alpha value is -3.21. The Morgan fingerprint density at radius 1 is 1.34 bits per heavy atom. The highest BCUT2D eigenvalue weighted by atomic mass is 35.5. The molecule has 3 heterocycles. The van der Waals surface area contributed by atoms with Crippen molar-refractivity contribution < 1.29 is 5.11 Å². The fourth-order valence-electron chi connectivity index (χ4n) is 3.40. The highest BCUT2D eigenvalue weighted by molar-refractivity contribution is 6.30. The maximum atomic E-state index is 9.88. The Bertz CT molecular complexity index is 1140. The van der Waals surface area contributed by atoms with Crippen LogP contribution >= 0.6 is 11.6 Å². The molecule has 0 radical (unpaired) electrons. The van der Waals surface area contributed by atoms with Crippen molar-refractivity contribution in [1.29, 1.82) is 5.26 Å². The van der Waals surface area contributed by atoms with Crippen LogP contribution in [0.3, 0.4) is 0 Å². The van der Waals surface area contributed by atoms with E-state index in [1.165, 1.54) is 0 Å². The predicted octanol–water partition coefficient (Wildman–Crippen LogP) is 3.79. The topological polar surface area (TPSA) is 107 Å². The van der Waals surface area contributed by atoms with Gasteiger partial charge in [-0.25, -0.2) is 9.97 Å². The lowest BCUT2D eigenvalue weighted by Crippen LogP contribution is -2.28. The molecule has 0 aliphatic carbocycles. The number of hydrogen-bond donors (Lipinski definition) is 3. The molecule has 0 saturated carbocycles. The number of hydrogen-bond acceptors (Lipinski definition) is 7. The fourth-order valence-corrected chi connectivity index (χ4v) is 3.56. The van der Waals surface area contributed by atoms with Crippen molar-refractivity contribution in [3.8, 4) is 17.3 Å². The number of halogens is 1. The Morgan fingerprint density at radius 2 is 2.17 bits per heavy atom. The zero-order valence-electron chi connectivity index (χ0n) is 16.0. The van der Waals surface area contributed by atoms with Crippen molar-refractivity contribution in [2.45, 2.75) is 19.3 Å². The van der Waals surface area contributed by atoms with E-state index in [-0.39, 0.29) is 6.61 Å². The van der Waals surface area contributed by atoms with Gasteiger partial charge >= 0.3 is 0 Å². The molecule has 7 nitrogen and oxygen atoms in total. The molecule has 0 saturated heterocycles. The molecule has 2 aromatic heterocycles. The SMILES string of the molecule is Cc1ncc(Cl)cc1Nc1nccc(-c2cc(C#N)c3c(c2)C(C)(CO)CN3)n1. The second-order valence-electron chi connectivity index (χ2n) is 7.31. The maximum Gasteiger partial charge on any atom is 0.227 e. The van der Waals surface area contributed by atoms with Gasteiger partial charge < -0.3 is 15.7 Å². The highest BCUT2D eigenvalue weighted by Gasteiger charge is 2.35. The van der Waals surface area contributed by atoms with Crippen molar-refractivity contribution in [3.63, 3.8) is 0 Å². The molecule has 3 N–H and O–H groups in total. The molecule has 1 aliphatic rings. The number of fused-ring (bicyclic) bond motifs is 1. The zero-order chi connectivity index (χ0) is 20.6. The summed E-state index contributed by atoms with van der Waals surface area (Å²) in [7, 11) is 0. The maximum absolute atomic E-state index is 9.88. The minimum absolute atomic E-state index is 0.0149. The summed E-state index contributed by atoms with van der Waals surface area (Å²) in [5.74, 6) is 0.400. The lowest BCUT2D eigenvalue weighted by Gasteiger charge is -2.21. The third-order valence-corrected chi connectivity index (χ3v) is 5.37. The number of benzene rings is 1. The Kier molecular flexibility index (Phi) is 4.82. The van der Waals surface area contributed by atoms with Gasteiger partial charge in [0.15, 0.2) is 0 Å². The Labute approximate surface area is 173 Å². The molecule has 8 heteroatoms. The number of aliphatic hydroxyl groups excluding tert-OH is 1. The van der Waals surface area contributed by atoms with E-state index in [2.05, 4.69) is 31.7 Å². The van der Waals surface area contributed by atoms with E-state index in [0.29, 0.717) is 28.8 Å². The number of nitrogens with zero attached hydrogens (tertiary/aromatic N) is 4. The number of pyridine rings is 1. The van der Waals surface area contributed by atoms with Gasteiger partial charge in [0.25, 0.3) is 0 Å². The number of aromatic nitrogens is 3. The molecule has 0 amide bonds. The number of nitrogens with one attached hydrogen (secondary N) is 2. The first kappa shape index (κ1) is 19.1. The van der Waals surface area contributed by atoms with Gasteiger partial charge in [-0.15, -0.1) is 0 Å². The molecule has 29 heavy (non-hydrogen) atoms. The fraction of sp³-hybridized carbons (Fsp3) is 0.238. The number of rotatable bonds is 4. The van der Waals surface area contributed by atoms with Gasteiger partial charge in [-0.3, -0.25) is 4.98 Å². The number of aryl methyl sites for hydroxylation is 1. The van der Waals surface area contributed by atoms with Crippen LogP contribution in [0.4, 0.5) is 17.3 Å². The van der Waals surface area contributed by atoms with Crippen molar-refractivity contribution in [3.05, 3.63) is 58.5 Å². The minimum atomic E-state index is -0.450.